The van der Waals surface area contributed by atoms with Crippen molar-refractivity contribution in [3.05, 3.63) is 71.8 Å². The SMILES string of the molecule is N.O=C(O)CCN(Cc1ccccc1)Cc1ccccc1. The number of benzene rings is 2. The highest BCUT2D eigenvalue weighted by atomic mass is 16.4. The van der Waals surface area contributed by atoms with E-state index in [4.69, 9.17) is 5.11 Å². The van der Waals surface area contributed by atoms with Gasteiger partial charge in [0.05, 0.1) is 6.42 Å². The first kappa shape index (κ1) is 16.9. The Hall–Kier alpha value is -2.17. The van der Waals surface area contributed by atoms with Crippen LogP contribution < -0.4 is 6.15 Å². The predicted molar refractivity (Wildman–Crippen MR) is 84.3 cm³/mol. The van der Waals surface area contributed by atoms with Gasteiger partial charge in [-0.3, -0.25) is 9.69 Å². The van der Waals surface area contributed by atoms with Crippen LogP contribution >= 0.6 is 0 Å². The van der Waals surface area contributed by atoms with E-state index in [1.54, 1.807) is 0 Å². The van der Waals surface area contributed by atoms with Crippen LogP contribution in [-0.4, -0.2) is 22.5 Å². The lowest BCUT2D eigenvalue weighted by Gasteiger charge is -2.21. The Bertz CT molecular complexity index is 488. The monoisotopic (exact) mass is 286 g/mol. The van der Waals surface area contributed by atoms with Crippen molar-refractivity contribution in [3.63, 3.8) is 0 Å². The number of carbonyl (C=O) groups is 1. The second-order valence-corrected chi connectivity index (χ2v) is 4.83. The Morgan fingerprint density at radius 2 is 1.29 bits per heavy atom. The van der Waals surface area contributed by atoms with Crippen molar-refractivity contribution in [1.29, 1.82) is 0 Å². The van der Waals surface area contributed by atoms with Crippen molar-refractivity contribution in [2.24, 2.45) is 0 Å². The predicted octanol–water partition coefficient (Wildman–Crippen LogP) is 3.33. The topological polar surface area (TPSA) is 75.5 Å². The number of aliphatic carboxylic acids is 1. The van der Waals surface area contributed by atoms with Crippen LogP contribution in [0, 0.1) is 0 Å². The number of rotatable bonds is 7. The largest absolute Gasteiger partial charge is 0.481 e. The summed E-state index contributed by atoms with van der Waals surface area (Å²) in [6.07, 6.45) is 0.166. The molecule has 0 bridgehead atoms. The van der Waals surface area contributed by atoms with Crippen LogP contribution in [0.1, 0.15) is 17.5 Å². The lowest BCUT2D eigenvalue weighted by molar-refractivity contribution is -0.137. The summed E-state index contributed by atoms with van der Waals surface area (Å²) in [5, 5.41) is 8.87. The van der Waals surface area contributed by atoms with Gasteiger partial charge in [-0.2, -0.15) is 0 Å². The van der Waals surface area contributed by atoms with Crippen LogP contribution in [-0.2, 0) is 17.9 Å². The van der Waals surface area contributed by atoms with Gasteiger partial charge in [-0.05, 0) is 11.1 Å². The van der Waals surface area contributed by atoms with E-state index >= 15 is 0 Å². The summed E-state index contributed by atoms with van der Waals surface area (Å²) in [6.45, 7) is 2.09. The highest BCUT2D eigenvalue weighted by Gasteiger charge is 2.09. The molecule has 0 heterocycles. The fourth-order valence-corrected chi connectivity index (χ4v) is 2.15. The molecule has 0 saturated carbocycles. The van der Waals surface area contributed by atoms with Crippen LogP contribution in [0.2, 0.25) is 0 Å². The van der Waals surface area contributed by atoms with Crippen LogP contribution in [0.15, 0.2) is 60.7 Å². The molecule has 2 rings (SSSR count). The molecule has 0 aliphatic rings. The quantitative estimate of drug-likeness (QED) is 0.818. The maximum atomic E-state index is 10.8. The first-order valence-electron chi connectivity index (χ1n) is 6.76. The number of carboxylic acid groups (broad SMARTS) is 1. The van der Waals surface area contributed by atoms with E-state index in [1.807, 2.05) is 36.4 Å². The van der Waals surface area contributed by atoms with Gasteiger partial charge in [0.2, 0.25) is 0 Å². The molecule has 0 unspecified atom stereocenters. The van der Waals surface area contributed by atoms with Crippen molar-refractivity contribution in [2.75, 3.05) is 6.54 Å². The molecule has 0 aromatic heterocycles. The molecule has 0 amide bonds. The Morgan fingerprint density at radius 3 is 1.67 bits per heavy atom. The summed E-state index contributed by atoms with van der Waals surface area (Å²) >= 11 is 0. The van der Waals surface area contributed by atoms with Crippen molar-refractivity contribution in [2.45, 2.75) is 19.5 Å². The van der Waals surface area contributed by atoms with Gasteiger partial charge in [0.15, 0.2) is 0 Å². The van der Waals surface area contributed by atoms with Gasteiger partial charge >= 0.3 is 5.97 Å². The second-order valence-electron chi connectivity index (χ2n) is 4.83. The molecule has 0 spiro atoms. The average Bonchev–Trinajstić information content (AvgIpc) is 2.47. The molecule has 0 aliphatic heterocycles. The van der Waals surface area contributed by atoms with E-state index in [9.17, 15) is 4.79 Å². The second kappa shape index (κ2) is 8.89. The number of hydrogen-bond acceptors (Lipinski definition) is 3. The van der Waals surface area contributed by atoms with Crippen LogP contribution in [0.25, 0.3) is 0 Å². The molecule has 112 valence electrons. The molecule has 0 atom stereocenters. The first-order chi connectivity index (χ1) is 9.74. The standard InChI is InChI=1S/C17H19NO2.H3N/c19-17(20)11-12-18(13-15-7-3-1-4-8-15)14-16-9-5-2-6-10-16;/h1-10H,11-14H2,(H,19,20);1H3. The van der Waals surface area contributed by atoms with E-state index in [-0.39, 0.29) is 12.6 Å². The van der Waals surface area contributed by atoms with Crippen molar-refractivity contribution in [1.82, 2.24) is 11.1 Å². The fraction of sp³-hybridized carbons (Fsp3) is 0.235. The zero-order valence-corrected chi connectivity index (χ0v) is 12.1. The third kappa shape index (κ3) is 6.21. The zero-order valence-electron chi connectivity index (χ0n) is 12.1. The molecule has 4 nitrogen and oxygen atoms in total. The summed E-state index contributed by atoms with van der Waals surface area (Å²) in [6, 6.07) is 20.3. The number of nitrogens with zero attached hydrogens (tertiary/aromatic N) is 1. The van der Waals surface area contributed by atoms with E-state index in [2.05, 4.69) is 29.2 Å². The molecule has 4 N–H and O–H groups in total. The van der Waals surface area contributed by atoms with Gasteiger partial charge in [0.1, 0.15) is 0 Å². The summed E-state index contributed by atoms with van der Waals surface area (Å²) in [5.74, 6) is -0.754. The smallest absolute Gasteiger partial charge is 0.304 e. The van der Waals surface area contributed by atoms with Gasteiger partial charge in [-0.15, -0.1) is 0 Å². The Balaban J connectivity index is 0.00000220. The maximum absolute atomic E-state index is 10.8. The van der Waals surface area contributed by atoms with E-state index in [1.165, 1.54) is 11.1 Å². The minimum Gasteiger partial charge on any atom is -0.481 e. The molecule has 0 aliphatic carbocycles. The maximum Gasteiger partial charge on any atom is 0.304 e. The van der Waals surface area contributed by atoms with E-state index in [0.717, 1.165) is 13.1 Å². The molecule has 0 radical (unpaired) electrons. The minimum absolute atomic E-state index is 0. The zero-order chi connectivity index (χ0) is 14.2. The Kier molecular flexibility index (Phi) is 7.15. The fourth-order valence-electron chi connectivity index (χ4n) is 2.15. The van der Waals surface area contributed by atoms with E-state index < -0.39 is 5.97 Å². The lowest BCUT2D eigenvalue weighted by Crippen LogP contribution is -2.25. The van der Waals surface area contributed by atoms with Gasteiger partial charge in [-0.1, -0.05) is 60.7 Å². The molecule has 4 heteroatoms. The average molecular weight is 286 g/mol. The van der Waals surface area contributed by atoms with Gasteiger partial charge in [0.25, 0.3) is 0 Å². The molecular weight excluding hydrogens is 264 g/mol. The van der Waals surface area contributed by atoms with Gasteiger partial charge in [-0.25, -0.2) is 0 Å². The highest BCUT2D eigenvalue weighted by Crippen LogP contribution is 2.10. The number of hydrogen-bond donors (Lipinski definition) is 2. The summed E-state index contributed by atoms with van der Waals surface area (Å²) in [7, 11) is 0. The third-order valence-electron chi connectivity index (χ3n) is 3.14. The van der Waals surface area contributed by atoms with Crippen molar-refractivity contribution >= 4 is 5.97 Å². The van der Waals surface area contributed by atoms with E-state index in [0.29, 0.717) is 6.54 Å². The lowest BCUT2D eigenvalue weighted by atomic mass is 10.1. The highest BCUT2D eigenvalue weighted by molar-refractivity contribution is 5.66. The Labute approximate surface area is 125 Å². The summed E-state index contributed by atoms with van der Waals surface area (Å²) in [5.41, 5.74) is 2.41. The summed E-state index contributed by atoms with van der Waals surface area (Å²) in [4.78, 5) is 12.9. The van der Waals surface area contributed by atoms with Crippen molar-refractivity contribution < 1.29 is 9.90 Å². The summed E-state index contributed by atoms with van der Waals surface area (Å²) < 4.78 is 0. The number of carboxylic acids is 1. The van der Waals surface area contributed by atoms with Gasteiger partial charge < -0.3 is 11.3 Å². The van der Waals surface area contributed by atoms with Gasteiger partial charge in [0, 0.05) is 19.6 Å². The van der Waals surface area contributed by atoms with Crippen LogP contribution in [0.5, 0.6) is 0 Å². The normalized spacial score (nSPS) is 10.1. The first-order valence-corrected chi connectivity index (χ1v) is 6.76. The van der Waals surface area contributed by atoms with Crippen molar-refractivity contribution in [3.8, 4) is 0 Å². The third-order valence-corrected chi connectivity index (χ3v) is 3.14. The van der Waals surface area contributed by atoms with Crippen LogP contribution in [0.3, 0.4) is 0 Å². The molecule has 0 fully saturated rings. The molecule has 0 saturated heterocycles. The Morgan fingerprint density at radius 1 is 0.857 bits per heavy atom. The molecular formula is C17H22N2O2. The minimum atomic E-state index is -0.754. The van der Waals surface area contributed by atoms with Crippen LogP contribution in [0.4, 0.5) is 0 Å². The molecule has 2 aromatic carbocycles. The molecule has 2 aromatic rings. The molecule has 21 heavy (non-hydrogen) atoms.